The zero-order valence-electron chi connectivity index (χ0n) is 12.9. The molecule has 0 spiro atoms. The maximum atomic E-state index is 5.53. The first-order chi connectivity index (χ1) is 10.1. The molecule has 0 saturated heterocycles. The van der Waals surface area contributed by atoms with Gasteiger partial charge in [0.1, 0.15) is 5.69 Å². The molecule has 2 aromatic rings. The highest BCUT2D eigenvalue weighted by atomic mass is 79.9. The van der Waals surface area contributed by atoms with Crippen LogP contribution in [0.2, 0.25) is 0 Å². The molecule has 0 radical (unpaired) electrons. The summed E-state index contributed by atoms with van der Waals surface area (Å²) in [6.07, 6.45) is 2.86. The van der Waals surface area contributed by atoms with Crippen LogP contribution in [0.5, 0.6) is 5.75 Å². The SMILES string of the molecule is CCCn1ncc(OC)c1C(NCC)c1cc(C)c(Br)s1. The first-order valence-electron chi connectivity index (χ1n) is 7.21. The van der Waals surface area contributed by atoms with Crippen LogP contribution in [0, 0.1) is 6.92 Å². The standard InChI is InChI=1S/C15H22BrN3OS/c1-5-7-19-14(11(20-4)9-18-19)13(17-6-2)12-8-10(3)15(16)21-12/h8-9,13,17H,5-7H2,1-4H3. The second-order valence-corrected chi connectivity index (χ2v) is 7.32. The monoisotopic (exact) mass is 371 g/mol. The molecule has 0 amide bonds. The van der Waals surface area contributed by atoms with Gasteiger partial charge in [-0.1, -0.05) is 13.8 Å². The number of halogens is 1. The predicted octanol–water partition coefficient (Wildman–Crippen LogP) is 4.13. The minimum Gasteiger partial charge on any atom is -0.493 e. The number of aromatic nitrogens is 2. The minimum absolute atomic E-state index is 0.106. The van der Waals surface area contributed by atoms with Gasteiger partial charge >= 0.3 is 0 Å². The molecule has 0 fully saturated rings. The molecule has 0 aliphatic heterocycles. The van der Waals surface area contributed by atoms with Crippen molar-refractivity contribution < 1.29 is 4.74 Å². The van der Waals surface area contributed by atoms with Crippen molar-refractivity contribution in [1.82, 2.24) is 15.1 Å². The Morgan fingerprint density at radius 2 is 2.24 bits per heavy atom. The molecule has 116 valence electrons. The number of methoxy groups -OCH3 is 1. The smallest absolute Gasteiger partial charge is 0.161 e. The highest BCUT2D eigenvalue weighted by molar-refractivity contribution is 9.11. The van der Waals surface area contributed by atoms with Crippen LogP contribution in [-0.2, 0) is 6.54 Å². The van der Waals surface area contributed by atoms with Crippen molar-refractivity contribution in [2.24, 2.45) is 0 Å². The zero-order chi connectivity index (χ0) is 15.4. The maximum Gasteiger partial charge on any atom is 0.161 e. The van der Waals surface area contributed by atoms with Gasteiger partial charge in [0.2, 0.25) is 0 Å². The summed E-state index contributed by atoms with van der Waals surface area (Å²) in [5.41, 5.74) is 2.37. The van der Waals surface area contributed by atoms with Gasteiger partial charge in [-0.15, -0.1) is 11.3 Å². The second kappa shape index (κ2) is 7.42. The molecule has 0 bridgehead atoms. The second-order valence-electron chi connectivity index (χ2n) is 4.92. The third kappa shape index (κ3) is 3.49. The Bertz CT molecular complexity index is 574. The third-order valence-electron chi connectivity index (χ3n) is 3.34. The minimum atomic E-state index is 0.106. The highest BCUT2D eigenvalue weighted by Crippen LogP contribution is 2.37. The molecule has 2 heterocycles. The van der Waals surface area contributed by atoms with Crippen LogP contribution in [0.3, 0.4) is 0 Å². The molecule has 4 nitrogen and oxygen atoms in total. The first kappa shape index (κ1) is 16.5. The van der Waals surface area contributed by atoms with Gasteiger partial charge in [0, 0.05) is 11.4 Å². The third-order valence-corrected chi connectivity index (χ3v) is 5.54. The first-order valence-corrected chi connectivity index (χ1v) is 8.82. The van der Waals surface area contributed by atoms with E-state index in [1.165, 1.54) is 14.2 Å². The van der Waals surface area contributed by atoms with E-state index in [0.29, 0.717) is 0 Å². The Kier molecular flexibility index (Phi) is 5.84. The van der Waals surface area contributed by atoms with Gasteiger partial charge < -0.3 is 10.1 Å². The van der Waals surface area contributed by atoms with E-state index in [1.807, 2.05) is 6.20 Å². The highest BCUT2D eigenvalue weighted by Gasteiger charge is 2.24. The number of hydrogen-bond donors (Lipinski definition) is 1. The normalized spacial score (nSPS) is 12.6. The summed E-state index contributed by atoms with van der Waals surface area (Å²) >= 11 is 5.38. The van der Waals surface area contributed by atoms with Crippen LogP contribution in [0.4, 0.5) is 0 Å². The molecule has 2 aromatic heterocycles. The summed E-state index contributed by atoms with van der Waals surface area (Å²) in [7, 11) is 1.70. The Hall–Kier alpha value is -0.850. The van der Waals surface area contributed by atoms with Crippen molar-refractivity contribution in [1.29, 1.82) is 0 Å². The molecule has 6 heteroatoms. The zero-order valence-corrected chi connectivity index (χ0v) is 15.3. The molecular weight excluding hydrogens is 350 g/mol. The van der Waals surface area contributed by atoms with Gasteiger partial charge in [0.15, 0.2) is 5.75 Å². The molecule has 1 unspecified atom stereocenters. The predicted molar refractivity (Wildman–Crippen MR) is 91.3 cm³/mol. The molecule has 1 atom stereocenters. The van der Waals surface area contributed by atoms with E-state index in [4.69, 9.17) is 4.74 Å². The molecule has 1 N–H and O–H groups in total. The van der Waals surface area contributed by atoms with E-state index in [9.17, 15) is 0 Å². The lowest BCUT2D eigenvalue weighted by molar-refractivity contribution is 0.399. The van der Waals surface area contributed by atoms with Crippen LogP contribution in [0.25, 0.3) is 0 Å². The van der Waals surface area contributed by atoms with E-state index in [1.54, 1.807) is 18.4 Å². The summed E-state index contributed by atoms with van der Waals surface area (Å²) in [6.45, 7) is 8.18. The number of nitrogens with one attached hydrogen (secondary N) is 1. The van der Waals surface area contributed by atoms with E-state index in [-0.39, 0.29) is 6.04 Å². The Labute approximate surface area is 138 Å². The Morgan fingerprint density at radius 1 is 1.48 bits per heavy atom. The summed E-state index contributed by atoms with van der Waals surface area (Å²) in [6, 6.07) is 2.33. The average molecular weight is 372 g/mol. The summed E-state index contributed by atoms with van der Waals surface area (Å²) in [4.78, 5) is 1.28. The number of rotatable bonds is 7. The van der Waals surface area contributed by atoms with Crippen molar-refractivity contribution in [3.8, 4) is 5.75 Å². The van der Waals surface area contributed by atoms with Crippen molar-refractivity contribution in [2.75, 3.05) is 13.7 Å². The van der Waals surface area contributed by atoms with Crippen molar-refractivity contribution in [3.63, 3.8) is 0 Å². The van der Waals surface area contributed by atoms with Gasteiger partial charge in [-0.2, -0.15) is 5.10 Å². The van der Waals surface area contributed by atoms with Gasteiger partial charge in [0.25, 0.3) is 0 Å². The number of hydrogen-bond acceptors (Lipinski definition) is 4. The van der Waals surface area contributed by atoms with Crippen molar-refractivity contribution in [2.45, 2.75) is 39.8 Å². The molecule has 0 aliphatic rings. The summed E-state index contributed by atoms with van der Waals surface area (Å²) in [5, 5.41) is 8.04. The van der Waals surface area contributed by atoms with Crippen LogP contribution < -0.4 is 10.1 Å². The van der Waals surface area contributed by atoms with Crippen LogP contribution >= 0.6 is 27.3 Å². The quantitative estimate of drug-likeness (QED) is 0.794. The largest absolute Gasteiger partial charge is 0.493 e. The number of aryl methyl sites for hydroxylation is 2. The molecule has 21 heavy (non-hydrogen) atoms. The lowest BCUT2D eigenvalue weighted by Crippen LogP contribution is -2.24. The molecule has 0 saturated carbocycles. The van der Waals surface area contributed by atoms with Crippen molar-refractivity contribution >= 4 is 27.3 Å². The van der Waals surface area contributed by atoms with Gasteiger partial charge in [-0.25, -0.2) is 0 Å². The topological polar surface area (TPSA) is 39.1 Å². The van der Waals surface area contributed by atoms with E-state index in [2.05, 4.69) is 57.9 Å². The van der Waals surface area contributed by atoms with Gasteiger partial charge in [-0.3, -0.25) is 4.68 Å². The molecule has 0 aromatic carbocycles. The van der Waals surface area contributed by atoms with Crippen LogP contribution in [0.15, 0.2) is 16.0 Å². The van der Waals surface area contributed by atoms with Crippen molar-refractivity contribution in [3.05, 3.63) is 32.2 Å². The fourth-order valence-electron chi connectivity index (χ4n) is 2.38. The van der Waals surface area contributed by atoms with Crippen LogP contribution in [0.1, 0.15) is 42.4 Å². The fraction of sp³-hybridized carbons (Fsp3) is 0.533. The molecule has 2 rings (SSSR count). The lowest BCUT2D eigenvalue weighted by Gasteiger charge is -2.19. The average Bonchev–Trinajstić information content (AvgIpc) is 3.01. The van der Waals surface area contributed by atoms with E-state index >= 15 is 0 Å². The van der Waals surface area contributed by atoms with E-state index in [0.717, 1.165) is 31.0 Å². The molecular formula is C15H22BrN3OS. The number of thiophene rings is 1. The van der Waals surface area contributed by atoms with Gasteiger partial charge in [0.05, 0.1) is 23.1 Å². The Morgan fingerprint density at radius 3 is 2.76 bits per heavy atom. The number of ether oxygens (including phenoxy) is 1. The maximum absolute atomic E-state index is 5.53. The Balaban J connectivity index is 2.48. The molecule has 0 aliphatic carbocycles. The van der Waals surface area contributed by atoms with Gasteiger partial charge in [-0.05, 0) is 47.4 Å². The lowest BCUT2D eigenvalue weighted by atomic mass is 10.1. The number of nitrogens with zero attached hydrogens (tertiary/aromatic N) is 2. The van der Waals surface area contributed by atoms with E-state index < -0.39 is 0 Å². The summed E-state index contributed by atoms with van der Waals surface area (Å²) < 4.78 is 8.76. The summed E-state index contributed by atoms with van der Waals surface area (Å²) in [5.74, 6) is 0.844. The van der Waals surface area contributed by atoms with Crippen LogP contribution in [-0.4, -0.2) is 23.4 Å². The fourth-order valence-corrected chi connectivity index (χ4v) is 4.03.